The third kappa shape index (κ3) is 28.8. The average Bonchev–Trinajstić information content (AvgIpc) is 3.70. The van der Waals surface area contributed by atoms with Gasteiger partial charge in [-0.25, -0.2) is 14.4 Å². The molecule has 29 heteroatoms. The van der Waals surface area contributed by atoms with Crippen LogP contribution >= 0.6 is 0 Å². The summed E-state index contributed by atoms with van der Waals surface area (Å²) < 4.78 is 0. The molecule has 90 heavy (non-hydrogen) atoms. The quantitative estimate of drug-likeness (QED) is 0.0278. The van der Waals surface area contributed by atoms with Crippen molar-refractivity contribution in [2.24, 2.45) is 5.73 Å². The Morgan fingerprint density at radius 2 is 0.722 bits per heavy atom. The molecule has 0 bridgehead atoms. The number of carbonyl (C=O) groups excluding carboxylic acids is 6. The van der Waals surface area contributed by atoms with Crippen LogP contribution in [0, 0.1) is 0 Å². The number of amides is 7. The van der Waals surface area contributed by atoms with Crippen LogP contribution in [0.15, 0.2) is 97.1 Å². The number of benzene rings is 4. The lowest BCUT2D eigenvalue weighted by molar-refractivity contribution is -0.141. The second kappa shape index (κ2) is 39.1. The summed E-state index contributed by atoms with van der Waals surface area (Å²) in [6.07, 6.45) is 0.488. The van der Waals surface area contributed by atoms with Crippen LogP contribution in [0.4, 0.5) is 4.79 Å². The molecule has 0 aliphatic heterocycles. The van der Waals surface area contributed by atoms with Crippen molar-refractivity contribution in [1.82, 2.24) is 51.9 Å². The summed E-state index contributed by atoms with van der Waals surface area (Å²) in [4.78, 5) is 150. The van der Waals surface area contributed by atoms with Crippen molar-refractivity contribution in [2.75, 3.05) is 72.0 Å². The molecule has 7 amide bonds. The number of urea groups is 1. The Morgan fingerprint density at radius 3 is 1.09 bits per heavy atom. The van der Waals surface area contributed by atoms with Crippen molar-refractivity contribution < 1.29 is 88.2 Å². The molecule has 0 fully saturated rings. The van der Waals surface area contributed by atoms with Crippen molar-refractivity contribution in [3.8, 4) is 0 Å². The molecule has 0 saturated heterocycles. The lowest BCUT2D eigenvalue weighted by Gasteiger charge is -2.28. The van der Waals surface area contributed by atoms with E-state index in [0.29, 0.717) is 66.7 Å². The summed E-state index contributed by atoms with van der Waals surface area (Å²) in [5.41, 5.74) is 10.2. The highest BCUT2D eigenvalue weighted by atomic mass is 16.4. The fourth-order valence-electron chi connectivity index (χ4n) is 8.88. The number of nitrogens with zero attached hydrogens (tertiary/aromatic N) is 3. The van der Waals surface area contributed by atoms with Gasteiger partial charge in [0.1, 0.15) is 12.1 Å². The molecule has 4 rings (SSSR count). The SMILES string of the molecule is NCCN(CCN(CCN(CCCCC(=O)O)CC(=O)O)CC(=O)O)CC(=O)NCc1ccc(C(=O)NCc2ccc(C(=O)NCc3ccc(C(=O)NCc4ccc(C(=O)NCCCCC(NC(=O)NC(CCC(=O)O)C(=O)O)C(=O)O)cc4)cc3)cc2)cc1. The third-order valence-electron chi connectivity index (χ3n) is 13.9. The predicted octanol–water partition coefficient (Wildman–Crippen LogP) is 1.35. The van der Waals surface area contributed by atoms with Crippen LogP contribution in [0.2, 0.25) is 0 Å². The molecule has 0 heterocycles. The summed E-state index contributed by atoms with van der Waals surface area (Å²) in [7, 11) is 0. The van der Waals surface area contributed by atoms with Crippen LogP contribution in [0.1, 0.15) is 115 Å². The second-order valence-corrected chi connectivity index (χ2v) is 21.0. The highest BCUT2D eigenvalue weighted by Gasteiger charge is 2.25. The van der Waals surface area contributed by atoms with Gasteiger partial charge in [-0.3, -0.25) is 57.9 Å². The number of carboxylic acid groups (broad SMARTS) is 6. The molecule has 0 aliphatic rings. The summed E-state index contributed by atoms with van der Waals surface area (Å²) >= 11 is 0. The number of rotatable bonds is 43. The normalized spacial score (nSPS) is 11.6. The first-order valence-corrected chi connectivity index (χ1v) is 29.0. The number of carboxylic acids is 6. The number of nitrogens with two attached hydrogens (primary N) is 1. The predicted molar refractivity (Wildman–Crippen MR) is 324 cm³/mol. The lowest BCUT2D eigenvalue weighted by atomic mass is 10.1. The van der Waals surface area contributed by atoms with Crippen molar-refractivity contribution >= 4 is 71.4 Å². The molecule has 29 nitrogen and oxygen atoms in total. The largest absolute Gasteiger partial charge is 0.481 e. The first-order valence-electron chi connectivity index (χ1n) is 29.0. The maximum absolute atomic E-state index is 13.0. The van der Waals surface area contributed by atoms with Gasteiger partial charge in [0.05, 0.1) is 19.6 Å². The van der Waals surface area contributed by atoms with E-state index in [1.54, 1.807) is 112 Å². The van der Waals surface area contributed by atoms with Gasteiger partial charge in [-0.15, -0.1) is 0 Å². The molecule has 0 radical (unpaired) electrons. The van der Waals surface area contributed by atoms with Crippen LogP contribution in [0.3, 0.4) is 0 Å². The number of unbranched alkanes of at least 4 members (excludes halogenated alkanes) is 2. The van der Waals surface area contributed by atoms with Crippen LogP contribution in [0.5, 0.6) is 0 Å². The first-order chi connectivity index (χ1) is 43.0. The highest BCUT2D eigenvalue weighted by Crippen LogP contribution is 2.12. The molecule has 4 aromatic carbocycles. The van der Waals surface area contributed by atoms with Gasteiger partial charge in [0, 0.05) is 107 Å². The number of hydrogen-bond donors (Lipinski definition) is 14. The van der Waals surface area contributed by atoms with Crippen molar-refractivity contribution in [2.45, 2.75) is 89.6 Å². The minimum absolute atomic E-state index is 0.0234. The smallest absolute Gasteiger partial charge is 0.326 e. The molecular formula is C61H79N11O18. The van der Waals surface area contributed by atoms with E-state index in [-0.39, 0.29) is 121 Å². The van der Waals surface area contributed by atoms with Gasteiger partial charge < -0.3 is 73.6 Å². The number of hydrogen-bond acceptors (Lipinski definition) is 16. The Balaban J connectivity index is 1.12. The fraction of sp³-hybridized carbons (Fsp3) is 0.410. The van der Waals surface area contributed by atoms with E-state index in [2.05, 4.69) is 37.2 Å². The van der Waals surface area contributed by atoms with Crippen LogP contribution in [-0.2, 0) is 59.7 Å². The summed E-state index contributed by atoms with van der Waals surface area (Å²) in [6.45, 7) is 2.21. The second-order valence-electron chi connectivity index (χ2n) is 21.0. The third-order valence-corrected chi connectivity index (χ3v) is 13.9. The maximum atomic E-state index is 13.0. The summed E-state index contributed by atoms with van der Waals surface area (Å²) in [5, 5.41) is 73.6. The lowest BCUT2D eigenvalue weighted by Crippen LogP contribution is -2.51. The molecule has 15 N–H and O–H groups in total. The van der Waals surface area contributed by atoms with Gasteiger partial charge in [0.25, 0.3) is 23.6 Å². The van der Waals surface area contributed by atoms with Crippen LogP contribution < -0.4 is 43.0 Å². The molecule has 0 saturated carbocycles. The number of nitrogens with one attached hydrogen (secondary N) is 7. The maximum Gasteiger partial charge on any atom is 0.326 e. The molecule has 486 valence electrons. The fourth-order valence-corrected chi connectivity index (χ4v) is 8.88. The Morgan fingerprint density at radius 1 is 0.367 bits per heavy atom. The molecule has 0 spiro atoms. The molecule has 2 unspecified atom stereocenters. The van der Waals surface area contributed by atoms with Gasteiger partial charge >= 0.3 is 41.8 Å². The average molecular weight is 1250 g/mol. The van der Waals surface area contributed by atoms with E-state index in [9.17, 15) is 78.0 Å². The Kier molecular flexibility index (Phi) is 31.6. The van der Waals surface area contributed by atoms with Gasteiger partial charge in [-0.2, -0.15) is 0 Å². The minimum Gasteiger partial charge on any atom is -0.481 e. The zero-order valence-corrected chi connectivity index (χ0v) is 49.7. The molecule has 0 aliphatic carbocycles. The van der Waals surface area contributed by atoms with Gasteiger partial charge in [0.2, 0.25) is 5.91 Å². The summed E-state index contributed by atoms with van der Waals surface area (Å²) in [5.74, 6) is -8.90. The van der Waals surface area contributed by atoms with Gasteiger partial charge in [-0.1, -0.05) is 48.5 Å². The Hall–Kier alpha value is -9.84. The van der Waals surface area contributed by atoms with Crippen molar-refractivity contribution in [3.05, 3.63) is 142 Å². The molecule has 2 atom stereocenters. The Labute approximate surface area is 518 Å². The van der Waals surface area contributed by atoms with E-state index in [0.717, 1.165) is 16.7 Å². The van der Waals surface area contributed by atoms with Crippen LogP contribution in [0.25, 0.3) is 0 Å². The van der Waals surface area contributed by atoms with E-state index in [4.69, 9.17) is 15.9 Å². The molecular weight excluding hydrogens is 1170 g/mol. The highest BCUT2D eigenvalue weighted by molar-refractivity contribution is 5.96. The van der Waals surface area contributed by atoms with E-state index in [1.165, 1.54) is 0 Å². The van der Waals surface area contributed by atoms with Gasteiger partial charge in [0.15, 0.2) is 0 Å². The van der Waals surface area contributed by atoms with Gasteiger partial charge in [-0.05, 0) is 116 Å². The van der Waals surface area contributed by atoms with E-state index >= 15 is 0 Å². The summed E-state index contributed by atoms with van der Waals surface area (Å²) in [6, 6.07) is 22.6. The number of aliphatic carboxylic acids is 6. The monoisotopic (exact) mass is 1250 g/mol. The number of carbonyl (C=O) groups is 12. The molecule has 0 aromatic heterocycles. The van der Waals surface area contributed by atoms with Crippen molar-refractivity contribution in [1.29, 1.82) is 0 Å². The first kappa shape index (κ1) is 72.6. The van der Waals surface area contributed by atoms with E-state index in [1.807, 2.05) is 0 Å². The van der Waals surface area contributed by atoms with Crippen molar-refractivity contribution in [3.63, 3.8) is 0 Å². The zero-order valence-electron chi connectivity index (χ0n) is 49.7. The van der Waals surface area contributed by atoms with E-state index < -0.39 is 72.7 Å². The standard InChI is InChI=1S/C61H79N11O18/c62-25-28-71(30-32-72(39-54(80)81)31-29-70(38-53(78)79)27-4-2-6-51(74)75)37-50(73)64-33-40-7-17-45(18-8-40)56(83)66-35-42-11-21-47(22-12-42)58(85)67-36-43-13-19-46(20-14-43)57(84)65-34-41-9-15-44(16-10-41)55(82)63-26-3-1-5-48(59(86)87)68-61(90)69-49(60(88)89)23-24-52(76)77/h7-22,48-49H,1-6,23-39,62H2,(H,63,82)(H,64,73)(H,65,84)(H,66,83)(H,67,85)(H,74,75)(H,76,77)(H,78,79)(H,80,81)(H,86,87)(H,88,89)(H2,68,69,90). The minimum atomic E-state index is -1.53. The zero-order chi connectivity index (χ0) is 66.0. The Bertz CT molecular complexity index is 3060. The molecule has 4 aromatic rings. The van der Waals surface area contributed by atoms with Crippen LogP contribution in [-0.4, -0.2) is 201 Å². The topological polar surface area (TPSA) is 446 Å².